The number of ether oxygens (including phenoxy) is 1. The van der Waals surface area contributed by atoms with E-state index in [4.69, 9.17) is 4.74 Å². The summed E-state index contributed by atoms with van der Waals surface area (Å²) in [5, 5.41) is 5.36. The first-order valence-corrected chi connectivity index (χ1v) is 9.54. The van der Waals surface area contributed by atoms with Gasteiger partial charge in [0, 0.05) is 18.8 Å². The minimum Gasteiger partial charge on any atom is -0.494 e. The molecule has 2 amide bonds. The van der Waals surface area contributed by atoms with Crippen LogP contribution in [0.3, 0.4) is 0 Å². The number of rotatable bonds is 7. The molecule has 0 aromatic heterocycles. The number of hydrogen-bond acceptors (Lipinski definition) is 4. The summed E-state index contributed by atoms with van der Waals surface area (Å²) in [5.41, 5.74) is 1.48. The minimum absolute atomic E-state index is 0.513. The van der Waals surface area contributed by atoms with Gasteiger partial charge >= 0.3 is 11.8 Å². The predicted molar refractivity (Wildman–Crippen MR) is 103 cm³/mol. The van der Waals surface area contributed by atoms with Crippen LogP contribution in [-0.4, -0.2) is 49.5 Å². The Morgan fingerprint density at radius 1 is 1.31 bits per heavy atom. The summed E-state index contributed by atoms with van der Waals surface area (Å²) >= 11 is 0. The third-order valence-electron chi connectivity index (χ3n) is 4.64. The number of carbonyl (C=O) groups excluding carboxylic acids is 2. The summed E-state index contributed by atoms with van der Waals surface area (Å²) in [4.78, 5) is 26.5. The standard InChI is InChI=1S/C20H31N3O3/c1-4-26-17-8-9-18(16(3)13-17)22-20(25)19(24)21-10-6-12-23-11-5-7-15(2)14-23/h8-9,13,15H,4-7,10-12,14H2,1-3H3,(H,21,24)(H,22,25). The highest BCUT2D eigenvalue weighted by atomic mass is 16.5. The molecule has 6 nitrogen and oxygen atoms in total. The third-order valence-corrected chi connectivity index (χ3v) is 4.64. The van der Waals surface area contributed by atoms with Crippen molar-refractivity contribution < 1.29 is 14.3 Å². The highest BCUT2D eigenvalue weighted by Gasteiger charge is 2.17. The Morgan fingerprint density at radius 3 is 2.81 bits per heavy atom. The number of piperidine rings is 1. The lowest BCUT2D eigenvalue weighted by Crippen LogP contribution is -2.39. The highest BCUT2D eigenvalue weighted by molar-refractivity contribution is 6.39. The maximum atomic E-state index is 12.0. The normalized spacial score (nSPS) is 17.6. The lowest BCUT2D eigenvalue weighted by Gasteiger charge is -2.30. The van der Waals surface area contributed by atoms with E-state index in [2.05, 4.69) is 22.5 Å². The molecule has 6 heteroatoms. The molecule has 1 aromatic rings. The Balaban J connectivity index is 1.71. The zero-order valence-electron chi connectivity index (χ0n) is 16.1. The lowest BCUT2D eigenvalue weighted by atomic mass is 10.0. The van der Waals surface area contributed by atoms with Gasteiger partial charge in [-0.1, -0.05) is 6.92 Å². The molecule has 0 aliphatic carbocycles. The lowest BCUT2D eigenvalue weighted by molar-refractivity contribution is -0.136. The molecule has 1 fully saturated rings. The zero-order valence-corrected chi connectivity index (χ0v) is 16.1. The van der Waals surface area contributed by atoms with Crippen molar-refractivity contribution in [3.8, 4) is 5.75 Å². The quantitative estimate of drug-likeness (QED) is 0.578. The Kier molecular flexibility index (Phi) is 7.91. The topological polar surface area (TPSA) is 70.7 Å². The predicted octanol–water partition coefficient (Wildman–Crippen LogP) is 2.57. The molecule has 1 aliphatic rings. The minimum atomic E-state index is -0.635. The second-order valence-corrected chi connectivity index (χ2v) is 7.02. The molecular formula is C20H31N3O3. The number of anilines is 1. The summed E-state index contributed by atoms with van der Waals surface area (Å²) in [7, 11) is 0. The van der Waals surface area contributed by atoms with E-state index in [1.807, 2.05) is 19.9 Å². The number of hydrogen-bond donors (Lipinski definition) is 2. The average molecular weight is 361 g/mol. The third kappa shape index (κ3) is 6.33. The van der Waals surface area contributed by atoms with Gasteiger partial charge in [0.2, 0.25) is 0 Å². The van der Waals surface area contributed by atoms with E-state index in [0.717, 1.165) is 43.3 Å². The molecule has 2 rings (SSSR count). The van der Waals surface area contributed by atoms with E-state index in [1.54, 1.807) is 12.1 Å². The highest BCUT2D eigenvalue weighted by Crippen LogP contribution is 2.21. The van der Waals surface area contributed by atoms with Crippen LogP contribution in [0.4, 0.5) is 5.69 Å². The van der Waals surface area contributed by atoms with Crippen LogP contribution in [0.2, 0.25) is 0 Å². The largest absolute Gasteiger partial charge is 0.494 e. The molecular weight excluding hydrogens is 330 g/mol. The maximum Gasteiger partial charge on any atom is 0.313 e. The molecule has 144 valence electrons. The van der Waals surface area contributed by atoms with Gasteiger partial charge in [-0.25, -0.2) is 0 Å². The molecule has 1 aromatic carbocycles. The first-order chi connectivity index (χ1) is 12.5. The molecule has 26 heavy (non-hydrogen) atoms. The van der Waals surface area contributed by atoms with Crippen molar-refractivity contribution in [3.63, 3.8) is 0 Å². The van der Waals surface area contributed by atoms with Gasteiger partial charge in [-0.15, -0.1) is 0 Å². The van der Waals surface area contributed by atoms with Crippen molar-refractivity contribution >= 4 is 17.5 Å². The number of nitrogens with one attached hydrogen (secondary N) is 2. The Labute approximate surface area is 156 Å². The Hall–Kier alpha value is -2.08. The summed E-state index contributed by atoms with van der Waals surface area (Å²) < 4.78 is 5.42. The van der Waals surface area contributed by atoms with Crippen LogP contribution in [0.1, 0.15) is 38.7 Å². The summed E-state index contributed by atoms with van der Waals surface area (Å²) in [6.07, 6.45) is 3.41. The monoisotopic (exact) mass is 361 g/mol. The number of amides is 2. The fourth-order valence-corrected chi connectivity index (χ4v) is 3.29. The fraction of sp³-hybridized carbons (Fsp3) is 0.600. The van der Waals surface area contributed by atoms with E-state index < -0.39 is 11.8 Å². The number of benzene rings is 1. The second-order valence-electron chi connectivity index (χ2n) is 7.02. The van der Waals surface area contributed by atoms with Crippen molar-refractivity contribution in [2.45, 2.75) is 40.0 Å². The Morgan fingerprint density at radius 2 is 2.12 bits per heavy atom. The van der Waals surface area contributed by atoms with Gasteiger partial charge in [0.15, 0.2) is 0 Å². The van der Waals surface area contributed by atoms with Crippen LogP contribution >= 0.6 is 0 Å². The van der Waals surface area contributed by atoms with E-state index >= 15 is 0 Å². The van der Waals surface area contributed by atoms with Crippen LogP contribution in [0.25, 0.3) is 0 Å². The molecule has 0 radical (unpaired) electrons. The van der Waals surface area contributed by atoms with Gasteiger partial charge in [0.25, 0.3) is 0 Å². The molecule has 0 spiro atoms. The summed E-state index contributed by atoms with van der Waals surface area (Å²) in [5.74, 6) is 0.273. The van der Waals surface area contributed by atoms with Gasteiger partial charge < -0.3 is 20.3 Å². The average Bonchev–Trinajstić information content (AvgIpc) is 2.61. The maximum absolute atomic E-state index is 12.0. The molecule has 2 N–H and O–H groups in total. The fourth-order valence-electron chi connectivity index (χ4n) is 3.29. The van der Waals surface area contributed by atoms with Gasteiger partial charge in [0.05, 0.1) is 6.61 Å². The first kappa shape index (κ1) is 20.2. The van der Waals surface area contributed by atoms with Gasteiger partial charge in [-0.05, 0) is 75.9 Å². The molecule has 0 bridgehead atoms. The number of nitrogens with zero attached hydrogens (tertiary/aromatic N) is 1. The van der Waals surface area contributed by atoms with Crippen LogP contribution < -0.4 is 15.4 Å². The molecule has 1 saturated heterocycles. The van der Waals surface area contributed by atoms with E-state index in [1.165, 1.54) is 12.8 Å². The van der Waals surface area contributed by atoms with Crippen molar-refractivity contribution in [3.05, 3.63) is 23.8 Å². The molecule has 0 saturated carbocycles. The molecule has 1 aliphatic heterocycles. The van der Waals surface area contributed by atoms with Gasteiger partial charge in [0.1, 0.15) is 5.75 Å². The van der Waals surface area contributed by atoms with E-state index in [9.17, 15) is 9.59 Å². The van der Waals surface area contributed by atoms with Crippen molar-refractivity contribution in [2.24, 2.45) is 5.92 Å². The van der Waals surface area contributed by atoms with Crippen LogP contribution in [0.15, 0.2) is 18.2 Å². The first-order valence-electron chi connectivity index (χ1n) is 9.54. The number of likely N-dealkylation sites (tertiary alicyclic amines) is 1. The summed E-state index contributed by atoms with van der Waals surface area (Å²) in [6.45, 7) is 10.4. The van der Waals surface area contributed by atoms with E-state index in [-0.39, 0.29) is 0 Å². The Bertz CT molecular complexity index is 618. The van der Waals surface area contributed by atoms with Crippen LogP contribution in [0, 0.1) is 12.8 Å². The second kappa shape index (κ2) is 10.2. The SMILES string of the molecule is CCOc1ccc(NC(=O)C(=O)NCCCN2CCCC(C)C2)c(C)c1. The van der Waals surface area contributed by atoms with Gasteiger partial charge in [-0.3, -0.25) is 9.59 Å². The van der Waals surface area contributed by atoms with Crippen LogP contribution in [0.5, 0.6) is 5.75 Å². The van der Waals surface area contributed by atoms with Crippen molar-refractivity contribution in [2.75, 3.05) is 38.1 Å². The number of carbonyl (C=O) groups is 2. The molecule has 1 atom stereocenters. The van der Waals surface area contributed by atoms with E-state index in [0.29, 0.717) is 18.8 Å². The van der Waals surface area contributed by atoms with Crippen LogP contribution in [-0.2, 0) is 9.59 Å². The van der Waals surface area contributed by atoms with Crippen molar-refractivity contribution in [1.82, 2.24) is 10.2 Å². The summed E-state index contributed by atoms with van der Waals surface area (Å²) in [6, 6.07) is 5.38. The zero-order chi connectivity index (χ0) is 18.9. The van der Waals surface area contributed by atoms with Crippen molar-refractivity contribution in [1.29, 1.82) is 0 Å². The molecule has 1 heterocycles. The smallest absolute Gasteiger partial charge is 0.313 e. The van der Waals surface area contributed by atoms with Gasteiger partial charge in [-0.2, -0.15) is 0 Å². The molecule has 1 unspecified atom stereocenters. The number of aryl methyl sites for hydroxylation is 1.